The Morgan fingerprint density at radius 1 is 1.11 bits per heavy atom. The molecule has 0 amide bonds. The summed E-state index contributed by atoms with van der Waals surface area (Å²) in [6.45, 7) is 10.4. The molecule has 0 bridgehead atoms. The van der Waals surface area contributed by atoms with Gasteiger partial charge in [0.15, 0.2) is 5.96 Å². The van der Waals surface area contributed by atoms with Gasteiger partial charge in [-0.1, -0.05) is 17.7 Å². The molecule has 0 aliphatic rings. The smallest absolute Gasteiger partial charge is 0.226 e. The number of oxazole rings is 1. The average Bonchev–Trinajstić information content (AvgIpc) is 3.26. The minimum atomic E-state index is 0.633. The molecule has 2 N–H and O–H groups in total. The molecule has 0 saturated heterocycles. The van der Waals surface area contributed by atoms with Gasteiger partial charge in [-0.3, -0.25) is 0 Å². The molecule has 3 aromatic rings. The third-order valence-electron chi connectivity index (χ3n) is 4.25. The standard InChI is InChI=1S/C21H27N5OS/c1-5-22-21(24-12-19-15(3)25-16(4)28-19)23-11-10-18-13-27-20(26-18)17-8-6-14(2)7-9-17/h6-9,13H,5,10-12H2,1-4H3,(H2,22,23,24). The zero-order valence-electron chi connectivity index (χ0n) is 16.9. The van der Waals surface area contributed by atoms with Crippen LogP contribution in [0.15, 0.2) is 39.9 Å². The summed E-state index contributed by atoms with van der Waals surface area (Å²) in [6, 6.07) is 8.18. The summed E-state index contributed by atoms with van der Waals surface area (Å²) in [7, 11) is 0. The molecule has 148 valence electrons. The molecule has 0 atom stereocenters. The number of aliphatic imine (C=N–C) groups is 1. The highest BCUT2D eigenvalue weighted by Gasteiger charge is 2.08. The second kappa shape index (κ2) is 9.50. The summed E-state index contributed by atoms with van der Waals surface area (Å²) in [4.78, 5) is 14.9. The van der Waals surface area contributed by atoms with Crippen molar-refractivity contribution in [2.24, 2.45) is 4.99 Å². The van der Waals surface area contributed by atoms with Gasteiger partial charge in [-0.05, 0) is 39.8 Å². The summed E-state index contributed by atoms with van der Waals surface area (Å²) in [5, 5.41) is 7.72. The number of aromatic nitrogens is 2. The van der Waals surface area contributed by atoms with Crippen molar-refractivity contribution in [1.82, 2.24) is 20.6 Å². The van der Waals surface area contributed by atoms with Crippen LogP contribution in [0.25, 0.3) is 11.5 Å². The molecule has 0 fully saturated rings. The van der Waals surface area contributed by atoms with Crippen LogP contribution in [0.2, 0.25) is 0 Å². The molecule has 0 unspecified atom stereocenters. The number of guanidine groups is 1. The molecule has 7 heteroatoms. The number of aryl methyl sites for hydroxylation is 3. The quantitative estimate of drug-likeness (QED) is 0.465. The predicted molar refractivity (Wildman–Crippen MR) is 115 cm³/mol. The molecular formula is C21H27N5OS. The van der Waals surface area contributed by atoms with Crippen molar-refractivity contribution in [3.05, 3.63) is 57.4 Å². The predicted octanol–water partition coefficient (Wildman–Crippen LogP) is 4.02. The summed E-state index contributed by atoms with van der Waals surface area (Å²) in [5.74, 6) is 1.46. The fourth-order valence-electron chi connectivity index (χ4n) is 2.77. The summed E-state index contributed by atoms with van der Waals surface area (Å²) >= 11 is 1.70. The molecule has 2 heterocycles. The number of nitrogens with one attached hydrogen (secondary N) is 2. The second-order valence-electron chi connectivity index (χ2n) is 6.62. The minimum absolute atomic E-state index is 0.633. The lowest BCUT2D eigenvalue weighted by Crippen LogP contribution is -2.38. The van der Waals surface area contributed by atoms with E-state index >= 15 is 0 Å². The van der Waals surface area contributed by atoms with Crippen molar-refractivity contribution in [3.8, 4) is 11.5 Å². The van der Waals surface area contributed by atoms with Gasteiger partial charge in [0.05, 0.1) is 22.9 Å². The van der Waals surface area contributed by atoms with Crippen molar-refractivity contribution in [1.29, 1.82) is 0 Å². The zero-order chi connectivity index (χ0) is 19.9. The second-order valence-corrected chi connectivity index (χ2v) is 7.91. The highest BCUT2D eigenvalue weighted by atomic mass is 32.1. The van der Waals surface area contributed by atoms with Crippen LogP contribution in [0.5, 0.6) is 0 Å². The van der Waals surface area contributed by atoms with Gasteiger partial charge in [0.25, 0.3) is 0 Å². The lowest BCUT2D eigenvalue weighted by atomic mass is 10.1. The van der Waals surface area contributed by atoms with Gasteiger partial charge < -0.3 is 15.1 Å². The normalized spacial score (nSPS) is 11.6. The topological polar surface area (TPSA) is 75.3 Å². The Balaban J connectivity index is 1.55. The number of rotatable bonds is 7. The summed E-state index contributed by atoms with van der Waals surface area (Å²) < 4.78 is 5.63. The number of nitrogens with zero attached hydrogens (tertiary/aromatic N) is 3. The SMILES string of the molecule is CCNC(=NCc1sc(C)nc1C)NCCc1coc(-c2ccc(C)cc2)n1. The van der Waals surface area contributed by atoms with Crippen molar-refractivity contribution in [3.63, 3.8) is 0 Å². The van der Waals surface area contributed by atoms with Crippen LogP contribution < -0.4 is 10.6 Å². The van der Waals surface area contributed by atoms with Crippen molar-refractivity contribution in [2.75, 3.05) is 13.1 Å². The molecule has 6 nitrogen and oxygen atoms in total. The fraction of sp³-hybridized carbons (Fsp3) is 0.381. The minimum Gasteiger partial charge on any atom is -0.444 e. The van der Waals surface area contributed by atoms with Gasteiger partial charge in [0, 0.05) is 30.0 Å². The van der Waals surface area contributed by atoms with Gasteiger partial charge in [0.2, 0.25) is 5.89 Å². The highest BCUT2D eigenvalue weighted by Crippen LogP contribution is 2.19. The van der Waals surface area contributed by atoms with Crippen LogP contribution in [-0.4, -0.2) is 29.0 Å². The summed E-state index contributed by atoms with van der Waals surface area (Å²) in [5.41, 5.74) is 4.20. The number of hydrogen-bond acceptors (Lipinski definition) is 5. The first-order chi connectivity index (χ1) is 13.5. The van der Waals surface area contributed by atoms with Gasteiger partial charge in [-0.25, -0.2) is 15.0 Å². The van der Waals surface area contributed by atoms with Crippen LogP contribution in [0.3, 0.4) is 0 Å². The molecule has 0 aliphatic heterocycles. The van der Waals surface area contributed by atoms with E-state index in [2.05, 4.69) is 51.6 Å². The van der Waals surface area contributed by atoms with Crippen molar-refractivity contribution >= 4 is 17.3 Å². The third kappa shape index (κ3) is 5.42. The van der Waals surface area contributed by atoms with E-state index in [-0.39, 0.29) is 0 Å². The number of thiazole rings is 1. The van der Waals surface area contributed by atoms with E-state index in [0.717, 1.165) is 47.4 Å². The average molecular weight is 398 g/mol. The fourth-order valence-corrected chi connectivity index (χ4v) is 3.63. The van der Waals surface area contributed by atoms with E-state index in [4.69, 9.17) is 4.42 Å². The Labute approximate surface area is 170 Å². The van der Waals surface area contributed by atoms with Crippen molar-refractivity contribution < 1.29 is 4.42 Å². The monoisotopic (exact) mass is 397 g/mol. The van der Waals surface area contributed by atoms with Crippen LogP contribution in [0, 0.1) is 20.8 Å². The first-order valence-electron chi connectivity index (χ1n) is 9.51. The van der Waals surface area contributed by atoms with E-state index < -0.39 is 0 Å². The van der Waals surface area contributed by atoms with Gasteiger partial charge in [0.1, 0.15) is 6.26 Å². The zero-order valence-corrected chi connectivity index (χ0v) is 17.7. The maximum atomic E-state index is 5.63. The summed E-state index contributed by atoms with van der Waals surface area (Å²) in [6.07, 6.45) is 2.49. The Bertz CT molecular complexity index is 927. The van der Waals surface area contributed by atoms with Crippen LogP contribution in [0.4, 0.5) is 0 Å². The largest absolute Gasteiger partial charge is 0.444 e. The van der Waals surface area contributed by atoms with Crippen LogP contribution in [-0.2, 0) is 13.0 Å². The number of benzene rings is 1. The first kappa shape index (κ1) is 20.1. The first-order valence-corrected chi connectivity index (χ1v) is 10.3. The molecule has 0 aliphatic carbocycles. The van der Waals surface area contributed by atoms with E-state index in [1.165, 1.54) is 10.4 Å². The Kier molecular flexibility index (Phi) is 6.81. The van der Waals surface area contributed by atoms with E-state index in [9.17, 15) is 0 Å². The Morgan fingerprint density at radius 3 is 2.57 bits per heavy atom. The maximum Gasteiger partial charge on any atom is 0.226 e. The van der Waals surface area contributed by atoms with Crippen LogP contribution >= 0.6 is 11.3 Å². The molecule has 1 aromatic carbocycles. The Morgan fingerprint density at radius 2 is 1.89 bits per heavy atom. The van der Waals surface area contributed by atoms with Gasteiger partial charge >= 0.3 is 0 Å². The highest BCUT2D eigenvalue weighted by molar-refractivity contribution is 7.11. The van der Waals surface area contributed by atoms with Crippen LogP contribution in [0.1, 0.15) is 33.8 Å². The third-order valence-corrected chi connectivity index (χ3v) is 5.31. The lowest BCUT2D eigenvalue weighted by molar-refractivity contribution is 0.572. The maximum absolute atomic E-state index is 5.63. The van der Waals surface area contributed by atoms with Crippen molar-refractivity contribution in [2.45, 2.75) is 40.7 Å². The number of hydrogen-bond donors (Lipinski definition) is 2. The molecule has 0 spiro atoms. The molecule has 2 aromatic heterocycles. The molecule has 0 saturated carbocycles. The van der Waals surface area contributed by atoms with E-state index in [0.29, 0.717) is 12.4 Å². The molecule has 3 rings (SSSR count). The Hall–Kier alpha value is -2.67. The molecular weight excluding hydrogens is 370 g/mol. The van der Waals surface area contributed by atoms with Gasteiger partial charge in [-0.15, -0.1) is 11.3 Å². The van der Waals surface area contributed by atoms with Gasteiger partial charge in [-0.2, -0.15) is 0 Å². The lowest BCUT2D eigenvalue weighted by Gasteiger charge is -2.10. The van der Waals surface area contributed by atoms with E-state index in [1.54, 1.807) is 17.6 Å². The van der Waals surface area contributed by atoms with E-state index in [1.807, 2.05) is 26.0 Å². The molecule has 28 heavy (non-hydrogen) atoms. The molecule has 0 radical (unpaired) electrons.